The summed E-state index contributed by atoms with van der Waals surface area (Å²) in [6, 6.07) is 8.66. The average molecular weight is 408 g/mol. The first-order valence-electron chi connectivity index (χ1n) is 9.84. The molecule has 0 saturated heterocycles. The zero-order valence-electron chi connectivity index (χ0n) is 16.2. The highest BCUT2D eigenvalue weighted by molar-refractivity contribution is 5.93. The van der Waals surface area contributed by atoms with E-state index in [0.29, 0.717) is 41.9 Å². The van der Waals surface area contributed by atoms with Crippen LogP contribution in [0.15, 0.2) is 52.2 Å². The first-order chi connectivity index (χ1) is 14.5. The lowest BCUT2D eigenvalue weighted by Crippen LogP contribution is -2.30. The Bertz CT molecular complexity index is 1180. The van der Waals surface area contributed by atoms with Crippen molar-refractivity contribution in [2.75, 3.05) is 6.54 Å². The summed E-state index contributed by atoms with van der Waals surface area (Å²) < 4.78 is 13.2. The van der Waals surface area contributed by atoms with Crippen molar-refractivity contribution in [3.8, 4) is 11.4 Å². The van der Waals surface area contributed by atoms with Gasteiger partial charge in [-0.3, -0.25) is 14.4 Å². The zero-order valence-corrected chi connectivity index (χ0v) is 16.2. The fraction of sp³-hybridized carbons (Fsp3) is 0.273. The summed E-state index contributed by atoms with van der Waals surface area (Å²) in [4.78, 5) is 46.1. The number of benzene rings is 1. The Hall–Kier alpha value is -3.55. The van der Waals surface area contributed by atoms with Gasteiger partial charge in [0.05, 0.1) is 5.69 Å². The van der Waals surface area contributed by atoms with Crippen LogP contribution < -0.4 is 16.4 Å². The number of H-pyrrole nitrogens is 2. The summed E-state index contributed by atoms with van der Waals surface area (Å²) in [5, 5.41) is 2.87. The Morgan fingerprint density at radius 2 is 1.90 bits per heavy atom. The van der Waals surface area contributed by atoms with Crippen LogP contribution >= 0.6 is 0 Å². The molecule has 0 radical (unpaired) electrons. The minimum absolute atomic E-state index is 0.174. The first-order valence-corrected chi connectivity index (χ1v) is 9.84. The molecular formula is C22H21FN4O3. The molecule has 2 heterocycles. The van der Waals surface area contributed by atoms with Crippen LogP contribution in [0.2, 0.25) is 0 Å². The van der Waals surface area contributed by atoms with Crippen molar-refractivity contribution in [1.29, 1.82) is 0 Å². The van der Waals surface area contributed by atoms with Gasteiger partial charge in [-0.15, -0.1) is 0 Å². The van der Waals surface area contributed by atoms with Crippen molar-refractivity contribution in [2.45, 2.75) is 25.7 Å². The molecule has 3 N–H and O–H groups in total. The summed E-state index contributed by atoms with van der Waals surface area (Å²) >= 11 is 0. The molecule has 1 unspecified atom stereocenters. The van der Waals surface area contributed by atoms with Crippen LogP contribution in [0.4, 0.5) is 4.39 Å². The third-order valence-electron chi connectivity index (χ3n) is 5.40. The lowest BCUT2D eigenvalue weighted by molar-refractivity contribution is 0.0945. The lowest BCUT2D eigenvalue weighted by Gasteiger charge is -2.14. The molecule has 1 aliphatic carbocycles. The molecule has 0 fully saturated rings. The predicted octanol–water partition coefficient (Wildman–Crippen LogP) is 2.19. The molecule has 3 aromatic rings. The summed E-state index contributed by atoms with van der Waals surface area (Å²) in [5.74, 6) is -0.0168. The maximum Gasteiger partial charge on any atom is 0.254 e. The van der Waals surface area contributed by atoms with E-state index in [2.05, 4.69) is 20.3 Å². The second-order valence-corrected chi connectivity index (χ2v) is 7.44. The summed E-state index contributed by atoms with van der Waals surface area (Å²) in [6.45, 7) is 0.461. The van der Waals surface area contributed by atoms with Gasteiger partial charge in [0, 0.05) is 35.5 Å². The SMILES string of the molecule is O=C(NCC1CCc2nc(-c3ccc(F)cc3)[nH]c(=O)c2CC1)c1cc[nH]c(=O)c1. The van der Waals surface area contributed by atoms with E-state index in [-0.39, 0.29) is 28.8 Å². The van der Waals surface area contributed by atoms with Crippen molar-refractivity contribution >= 4 is 5.91 Å². The molecule has 4 rings (SSSR count). The Labute approximate surface area is 171 Å². The number of nitrogens with zero attached hydrogens (tertiary/aromatic N) is 1. The monoisotopic (exact) mass is 408 g/mol. The van der Waals surface area contributed by atoms with Crippen LogP contribution in [0.25, 0.3) is 11.4 Å². The molecule has 7 nitrogen and oxygen atoms in total. The molecule has 1 aromatic carbocycles. The summed E-state index contributed by atoms with van der Waals surface area (Å²) in [7, 11) is 0. The maximum absolute atomic E-state index is 13.2. The first kappa shape index (κ1) is 19.8. The van der Waals surface area contributed by atoms with Gasteiger partial charge in [-0.1, -0.05) is 0 Å². The third kappa shape index (κ3) is 4.37. The maximum atomic E-state index is 13.2. The van der Waals surface area contributed by atoms with Crippen LogP contribution in [-0.4, -0.2) is 27.4 Å². The fourth-order valence-corrected chi connectivity index (χ4v) is 3.72. The molecule has 8 heteroatoms. The largest absolute Gasteiger partial charge is 0.352 e. The van der Waals surface area contributed by atoms with Crippen LogP contribution in [-0.2, 0) is 12.8 Å². The standard InChI is InChI=1S/C22H21FN4O3/c23-16-5-3-14(4-6-16)20-26-18-8-2-13(1-7-17(18)22(30)27-20)12-25-21(29)15-9-10-24-19(28)11-15/h3-6,9-11,13H,1-2,7-8,12H2,(H,24,28)(H,25,29)(H,26,27,30). The molecule has 30 heavy (non-hydrogen) atoms. The predicted molar refractivity (Wildman–Crippen MR) is 110 cm³/mol. The molecule has 0 saturated carbocycles. The number of pyridine rings is 1. The van der Waals surface area contributed by atoms with Crippen LogP contribution in [0.5, 0.6) is 0 Å². The number of aromatic amines is 2. The van der Waals surface area contributed by atoms with Gasteiger partial charge < -0.3 is 15.3 Å². The van der Waals surface area contributed by atoms with E-state index < -0.39 is 0 Å². The number of carbonyl (C=O) groups is 1. The number of rotatable bonds is 4. The van der Waals surface area contributed by atoms with Gasteiger partial charge >= 0.3 is 0 Å². The van der Waals surface area contributed by atoms with Gasteiger partial charge in [-0.05, 0) is 61.9 Å². The topological polar surface area (TPSA) is 108 Å². The fourth-order valence-electron chi connectivity index (χ4n) is 3.72. The Balaban J connectivity index is 1.45. The van der Waals surface area contributed by atoms with Crippen LogP contribution in [0, 0.1) is 11.7 Å². The normalized spacial score (nSPS) is 15.8. The van der Waals surface area contributed by atoms with Gasteiger partial charge in [-0.25, -0.2) is 9.37 Å². The van der Waals surface area contributed by atoms with Crippen molar-refractivity contribution in [3.05, 3.63) is 85.9 Å². The van der Waals surface area contributed by atoms with Gasteiger partial charge in [0.15, 0.2) is 0 Å². The average Bonchev–Trinajstić information content (AvgIpc) is 2.95. The highest BCUT2D eigenvalue weighted by atomic mass is 19.1. The Morgan fingerprint density at radius 3 is 2.67 bits per heavy atom. The van der Waals surface area contributed by atoms with Crippen LogP contribution in [0.1, 0.15) is 34.5 Å². The summed E-state index contributed by atoms with van der Waals surface area (Å²) in [6.07, 6.45) is 4.17. The molecule has 154 valence electrons. The van der Waals surface area contributed by atoms with E-state index >= 15 is 0 Å². The number of aryl methyl sites for hydroxylation is 1. The second kappa shape index (κ2) is 8.44. The second-order valence-electron chi connectivity index (χ2n) is 7.44. The third-order valence-corrected chi connectivity index (χ3v) is 5.40. The number of hydrogen-bond donors (Lipinski definition) is 3. The molecule has 0 bridgehead atoms. The van der Waals surface area contributed by atoms with Crippen molar-refractivity contribution in [3.63, 3.8) is 0 Å². The van der Waals surface area contributed by atoms with Crippen molar-refractivity contribution in [1.82, 2.24) is 20.3 Å². The minimum atomic E-state index is -0.346. The zero-order chi connectivity index (χ0) is 21.1. The van der Waals surface area contributed by atoms with E-state index in [9.17, 15) is 18.8 Å². The molecule has 0 spiro atoms. The van der Waals surface area contributed by atoms with Gasteiger partial charge in [-0.2, -0.15) is 0 Å². The van der Waals surface area contributed by atoms with E-state index in [0.717, 1.165) is 18.5 Å². The van der Waals surface area contributed by atoms with Gasteiger partial charge in [0.25, 0.3) is 11.5 Å². The number of aromatic nitrogens is 3. The highest BCUT2D eigenvalue weighted by Crippen LogP contribution is 2.23. The van der Waals surface area contributed by atoms with Crippen molar-refractivity contribution < 1.29 is 9.18 Å². The number of amides is 1. The Morgan fingerprint density at radius 1 is 1.13 bits per heavy atom. The molecule has 1 atom stereocenters. The van der Waals surface area contributed by atoms with E-state index in [1.165, 1.54) is 24.4 Å². The van der Waals surface area contributed by atoms with Gasteiger partial charge in [0.1, 0.15) is 11.6 Å². The summed E-state index contributed by atoms with van der Waals surface area (Å²) in [5.41, 5.74) is 1.90. The van der Waals surface area contributed by atoms with Crippen molar-refractivity contribution in [2.24, 2.45) is 5.92 Å². The van der Waals surface area contributed by atoms with Gasteiger partial charge in [0.2, 0.25) is 5.56 Å². The number of hydrogen-bond acceptors (Lipinski definition) is 4. The quantitative estimate of drug-likeness (QED) is 0.575. The molecular weight excluding hydrogens is 387 g/mol. The number of nitrogens with one attached hydrogen (secondary N) is 3. The number of carbonyl (C=O) groups excluding carboxylic acids is 1. The number of halogens is 1. The van der Waals surface area contributed by atoms with E-state index in [1.807, 2.05) is 0 Å². The smallest absolute Gasteiger partial charge is 0.254 e. The van der Waals surface area contributed by atoms with Crippen LogP contribution in [0.3, 0.4) is 0 Å². The lowest BCUT2D eigenvalue weighted by atomic mass is 9.99. The van der Waals surface area contributed by atoms with E-state index in [1.54, 1.807) is 18.2 Å². The minimum Gasteiger partial charge on any atom is -0.352 e. The highest BCUT2D eigenvalue weighted by Gasteiger charge is 2.21. The molecule has 0 aliphatic heterocycles. The van der Waals surface area contributed by atoms with E-state index in [4.69, 9.17) is 0 Å². The molecule has 1 aliphatic rings. The number of fused-ring (bicyclic) bond motifs is 1. The Kier molecular flexibility index (Phi) is 5.56. The molecule has 2 aromatic heterocycles. The molecule has 1 amide bonds.